The van der Waals surface area contributed by atoms with E-state index in [1.807, 2.05) is 6.07 Å². The number of aliphatic imine (C=N–C) groups is 1. The van der Waals surface area contributed by atoms with Gasteiger partial charge in [0.15, 0.2) is 0 Å². The summed E-state index contributed by atoms with van der Waals surface area (Å²) in [7, 11) is 0. The van der Waals surface area contributed by atoms with Crippen molar-refractivity contribution in [3.63, 3.8) is 0 Å². The van der Waals surface area contributed by atoms with Gasteiger partial charge < -0.3 is 0 Å². The van der Waals surface area contributed by atoms with E-state index in [-0.39, 0.29) is 5.54 Å². The standard InChI is InChI=1S/C27H19N/c1-27(17-16-24(28-27)18-6-3-2-4-7-18)23-15-13-21-11-10-19-8-5-9-20-12-14-22(23)26(21)25(19)20/h2-17H,1H3. The Morgan fingerprint density at radius 2 is 1.32 bits per heavy atom. The second-order valence-electron chi connectivity index (χ2n) is 7.81. The van der Waals surface area contributed by atoms with E-state index in [4.69, 9.17) is 4.99 Å². The molecule has 1 aliphatic heterocycles. The molecule has 1 atom stereocenters. The van der Waals surface area contributed by atoms with Crippen molar-refractivity contribution in [2.24, 2.45) is 4.99 Å². The minimum absolute atomic E-state index is 0.354. The van der Waals surface area contributed by atoms with Crippen LogP contribution in [0.3, 0.4) is 0 Å². The van der Waals surface area contributed by atoms with Gasteiger partial charge in [-0.25, -0.2) is 0 Å². The van der Waals surface area contributed by atoms with Crippen LogP contribution in [0.4, 0.5) is 0 Å². The predicted molar refractivity (Wildman–Crippen MR) is 120 cm³/mol. The summed E-state index contributed by atoms with van der Waals surface area (Å²) in [6.07, 6.45) is 4.40. The first-order valence-electron chi connectivity index (χ1n) is 9.74. The summed E-state index contributed by atoms with van der Waals surface area (Å²) in [5.41, 5.74) is 3.13. The van der Waals surface area contributed by atoms with E-state index in [1.54, 1.807) is 0 Å². The van der Waals surface area contributed by atoms with Crippen molar-refractivity contribution >= 4 is 38.0 Å². The van der Waals surface area contributed by atoms with Crippen molar-refractivity contribution in [2.75, 3.05) is 0 Å². The lowest BCUT2D eigenvalue weighted by Crippen LogP contribution is -2.15. The predicted octanol–water partition coefficient (Wildman–Crippen LogP) is 6.86. The lowest BCUT2D eigenvalue weighted by Gasteiger charge is -2.23. The highest BCUT2D eigenvalue weighted by Gasteiger charge is 2.29. The fraction of sp³-hybridized carbons (Fsp3) is 0.0741. The molecule has 0 spiro atoms. The zero-order valence-electron chi connectivity index (χ0n) is 15.7. The molecule has 0 fully saturated rings. The molecule has 1 unspecified atom stereocenters. The molecule has 0 aromatic heterocycles. The molecule has 132 valence electrons. The van der Waals surface area contributed by atoms with E-state index in [0.717, 1.165) is 5.71 Å². The largest absolute Gasteiger partial charge is 0.269 e. The molecule has 5 aromatic carbocycles. The number of hydrogen-bond donors (Lipinski definition) is 0. The fourth-order valence-corrected chi connectivity index (χ4v) is 4.66. The zero-order valence-corrected chi connectivity index (χ0v) is 15.7. The third-order valence-electron chi connectivity index (χ3n) is 6.06. The van der Waals surface area contributed by atoms with Crippen LogP contribution >= 0.6 is 0 Å². The quantitative estimate of drug-likeness (QED) is 0.306. The molecule has 0 radical (unpaired) electrons. The molecule has 0 amide bonds. The van der Waals surface area contributed by atoms with E-state index in [1.165, 1.54) is 43.4 Å². The van der Waals surface area contributed by atoms with Gasteiger partial charge in [0.05, 0.1) is 5.71 Å². The first-order chi connectivity index (χ1) is 13.7. The van der Waals surface area contributed by atoms with Crippen LogP contribution in [-0.2, 0) is 5.54 Å². The minimum Gasteiger partial charge on any atom is -0.269 e. The fourth-order valence-electron chi connectivity index (χ4n) is 4.66. The first-order valence-corrected chi connectivity index (χ1v) is 9.74. The van der Waals surface area contributed by atoms with Crippen LogP contribution in [-0.4, -0.2) is 5.71 Å². The van der Waals surface area contributed by atoms with Crippen molar-refractivity contribution in [3.8, 4) is 0 Å². The lowest BCUT2D eigenvalue weighted by molar-refractivity contribution is 0.652. The van der Waals surface area contributed by atoms with Crippen LogP contribution in [0.15, 0.2) is 102 Å². The zero-order chi connectivity index (χ0) is 18.7. The summed E-state index contributed by atoms with van der Waals surface area (Å²) in [5.74, 6) is 0. The first kappa shape index (κ1) is 15.6. The van der Waals surface area contributed by atoms with Crippen molar-refractivity contribution in [1.82, 2.24) is 0 Å². The maximum Gasteiger partial charge on any atom is 0.103 e. The Kier molecular flexibility index (Phi) is 3.08. The van der Waals surface area contributed by atoms with E-state index < -0.39 is 0 Å². The highest BCUT2D eigenvalue weighted by atomic mass is 14.9. The molecule has 1 nitrogen and oxygen atoms in total. The molecule has 0 saturated heterocycles. The van der Waals surface area contributed by atoms with Gasteiger partial charge >= 0.3 is 0 Å². The average molecular weight is 357 g/mol. The summed E-state index contributed by atoms with van der Waals surface area (Å²) in [6, 6.07) is 30.5. The summed E-state index contributed by atoms with van der Waals surface area (Å²) in [6.45, 7) is 2.21. The smallest absolute Gasteiger partial charge is 0.103 e. The molecule has 28 heavy (non-hydrogen) atoms. The minimum atomic E-state index is -0.354. The number of benzene rings is 5. The van der Waals surface area contributed by atoms with Crippen molar-refractivity contribution in [1.29, 1.82) is 0 Å². The van der Waals surface area contributed by atoms with Gasteiger partial charge in [-0.3, -0.25) is 4.99 Å². The van der Waals surface area contributed by atoms with Gasteiger partial charge in [0.1, 0.15) is 5.54 Å². The average Bonchev–Trinajstić information content (AvgIpc) is 3.16. The molecule has 0 aliphatic carbocycles. The Labute approximate surface area is 164 Å². The third kappa shape index (κ3) is 2.10. The molecule has 1 heteroatoms. The highest BCUT2D eigenvalue weighted by molar-refractivity contribution is 6.23. The number of rotatable bonds is 2. The topological polar surface area (TPSA) is 12.4 Å². The Bertz CT molecular complexity index is 1390. The van der Waals surface area contributed by atoms with E-state index in [9.17, 15) is 0 Å². The van der Waals surface area contributed by atoms with Crippen molar-refractivity contribution in [2.45, 2.75) is 12.5 Å². The van der Waals surface area contributed by atoms with E-state index >= 15 is 0 Å². The monoisotopic (exact) mass is 357 g/mol. The van der Waals surface area contributed by atoms with Crippen LogP contribution in [0, 0.1) is 0 Å². The molecular weight excluding hydrogens is 338 g/mol. The maximum atomic E-state index is 5.15. The van der Waals surface area contributed by atoms with Gasteiger partial charge in [0.2, 0.25) is 0 Å². The van der Waals surface area contributed by atoms with Crippen LogP contribution in [0.2, 0.25) is 0 Å². The lowest BCUT2D eigenvalue weighted by atomic mass is 9.85. The van der Waals surface area contributed by atoms with Gasteiger partial charge in [0, 0.05) is 0 Å². The van der Waals surface area contributed by atoms with E-state index in [2.05, 4.69) is 97.9 Å². The second kappa shape index (κ2) is 5.53. The van der Waals surface area contributed by atoms with Gasteiger partial charge in [-0.2, -0.15) is 0 Å². The summed E-state index contributed by atoms with van der Waals surface area (Å²) in [4.78, 5) is 5.15. The Balaban J connectivity index is 1.63. The molecular formula is C27H19N. The molecule has 0 saturated carbocycles. The molecule has 1 aliphatic rings. The SMILES string of the molecule is CC1(c2ccc3ccc4cccc5ccc2c3c45)C=CC(c2ccccc2)=N1. The molecule has 6 rings (SSSR count). The van der Waals surface area contributed by atoms with Gasteiger partial charge in [-0.05, 0) is 56.4 Å². The van der Waals surface area contributed by atoms with Crippen molar-refractivity contribution < 1.29 is 0 Å². The van der Waals surface area contributed by atoms with E-state index in [0.29, 0.717) is 0 Å². The Hall–Kier alpha value is -3.45. The second-order valence-corrected chi connectivity index (χ2v) is 7.81. The van der Waals surface area contributed by atoms with Gasteiger partial charge in [-0.1, -0.05) is 91.0 Å². The van der Waals surface area contributed by atoms with Crippen molar-refractivity contribution in [3.05, 3.63) is 108 Å². The number of nitrogens with zero attached hydrogens (tertiary/aromatic N) is 1. The summed E-state index contributed by atoms with van der Waals surface area (Å²) < 4.78 is 0. The summed E-state index contributed by atoms with van der Waals surface area (Å²) in [5, 5.41) is 7.90. The third-order valence-corrected chi connectivity index (χ3v) is 6.06. The molecule has 0 N–H and O–H groups in total. The van der Waals surface area contributed by atoms with Gasteiger partial charge in [-0.15, -0.1) is 0 Å². The van der Waals surface area contributed by atoms with Crippen LogP contribution in [0.1, 0.15) is 18.1 Å². The molecule has 0 bridgehead atoms. The van der Waals surface area contributed by atoms with Crippen LogP contribution in [0.25, 0.3) is 32.3 Å². The summed E-state index contributed by atoms with van der Waals surface area (Å²) >= 11 is 0. The van der Waals surface area contributed by atoms with Gasteiger partial charge in [0.25, 0.3) is 0 Å². The molecule has 1 heterocycles. The number of hydrogen-bond acceptors (Lipinski definition) is 1. The van der Waals surface area contributed by atoms with Crippen LogP contribution in [0.5, 0.6) is 0 Å². The Morgan fingerprint density at radius 1 is 0.643 bits per heavy atom. The number of allylic oxidation sites excluding steroid dienone is 1. The van der Waals surface area contributed by atoms with Crippen LogP contribution < -0.4 is 0 Å². The highest BCUT2D eigenvalue weighted by Crippen LogP contribution is 2.42. The molecule has 5 aromatic rings. The Morgan fingerprint density at radius 3 is 2.11 bits per heavy atom. The normalized spacial score (nSPS) is 19.1. The maximum absolute atomic E-state index is 5.15.